The highest BCUT2D eigenvalue weighted by atomic mass is 35.5. The van der Waals surface area contributed by atoms with Crippen LogP contribution in [0.15, 0.2) is 47.9 Å². The number of hydrogen-bond donors (Lipinski definition) is 0. The van der Waals surface area contributed by atoms with Crippen molar-refractivity contribution in [2.75, 3.05) is 12.9 Å². The van der Waals surface area contributed by atoms with Crippen molar-refractivity contribution in [1.82, 2.24) is 4.90 Å². The predicted molar refractivity (Wildman–Crippen MR) is 70.0 cm³/mol. The topological polar surface area (TPSA) is 3.24 Å². The lowest BCUT2D eigenvalue weighted by molar-refractivity contribution is 0.516. The van der Waals surface area contributed by atoms with Crippen LogP contribution in [-0.2, 0) is 0 Å². The number of allylic oxidation sites excluding steroid dienone is 6. The maximum absolute atomic E-state index is 5.90. The van der Waals surface area contributed by atoms with E-state index in [1.54, 1.807) is 6.08 Å². The summed E-state index contributed by atoms with van der Waals surface area (Å²) in [6, 6.07) is 0. The summed E-state index contributed by atoms with van der Waals surface area (Å²) in [4.78, 5) is 2.09. The van der Waals surface area contributed by atoms with Gasteiger partial charge in [0.15, 0.2) is 0 Å². The molecule has 84 valence electrons. The molecule has 1 nitrogen and oxygen atoms in total. The third-order valence-electron chi connectivity index (χ3n) is 2.48. The van der Waals surface area contributed by atoms with Gasteiger partial charge in [0, 0.05) is 24.3 Å². The van der Waals surface area contributed by atoms with Crippen LogP contribution in [0.1, 0.15) is 20.8 Å². The van der Waals surface area contributed by atoms with Crippen molar-refractivity contribution in [1.29, 1.82) is 0 Å². The molecule has 0 aliphatic carbocycles. The van der Waals surface area contributed by atoms with Gasteiger partial charge in [-0.1, -0.05) is 24.8 Å². The van der Waals surface area contributed by atoms with Crippen molar-refractivity contribution in [3.63, 3.8) is 0 Å². The molecule has 15 heavy (non-hydrogen) atoms. The fourth-order valence-electron chi connectivity index (χ4n) is 1.27. The second-order valence-corrected chi connectivity index (χ2v) is 3.85. The first kappa shape index (κ1) is 14.1. The lowest BCUT2D eigenvalue weighted by Gasteiger charge is -2.23. The van der Waals surface area contributed by atoms with Gasteiger partial charge in [-0.25, -0.2) is 0 Å². The summed E-state index contributed by atoms with van der Waals surface area (Å²) >= 11 is 5.90. The van der Waals surface area contributed by atoms with Crippen molar-refractivity contribution in [2.45, 2.75) is 20.8 Å². The van der Waals surface area contributed by atoms with E-state index in [4.69, 9.17) is 11.6 Å². The Hall–Kier alpha value is -0.950. The molecule has 0 heterocycles. The van der Waals surface area contributed by atoms with E-state index in [9.17, 15) is 0 Å². The Labute approximate surface area is 98.4 Å². The second kappa shape index (κ2) is 6.52. The minimum absolute atomic E-state index is 0.493. The van der Waals surface area contributed by atoms with Gasteiger partial charge in [0.05, 0.1) is 0 Å². The third-order valence-corrected chi connectivity index (χ3v) is 2.74. The fourth-order valence-corrected chi connectivity index (χ4v) is 1.69. The molecule has 0 spiro atoms. The lowest BCUT2D eigenvalue weighted by Crippen LogP contribution is -2.16. The molecule has 0 aromatic carbocycles. The van der Waals surface area contributed by atoms with Crippen LogP contribution >= 0.6 is 11.6 Å². The molecule has 0 radical (unpaired) electrons. The maximum atomic E-state index is 5.90. The number of hydrogen-bond acceptors (Lipinski definition) is 1. The minimum atomic E-state index is 0.493. The molecule has 0 aromatic heterocycles. The molecule has 2 heteroatoms. The molecule has 0 amide bonds. The Morgan fingerprint density at radius 2 is 1.87 bits per heavy atom. The monoisotopic (exact) mass is 225 g/mol. The van der Waals surface area contributed by atoms with Gasteiger partial charge in [-0.2, -0.15) is 0 Å². The first-order chi connectivity index (χ1) is 6.95. The average Bonchev–Trinajstić information content (AvgIpc) is 2.17. The molecule has 0 rings (SSSR count). The van der Waals surface area contributed by atoms with Gasteiger partial charge >= 0.3 is 0 Å². The van der Waals surface area contributed by atoms with Gasteiger partial charge in [0.25, 0.3) is 0 Å². The molecule has 0 unspecified atom stereocenters. The molecular weight excluding hydrogens is 206 g/mol. The zero-order chi connectivity index (χ0) is 12.0. The Balaban J connectivity index is 5.12. The highest BCUT2D eigenvalue weighted by Gasteiger charge is 2.07. The van der Waals surface area contributed by atoms with E-state index in [0.29, 0.717) is 5.88 Å². The molecule has 0 aliphatic rings. The molecule has 0 fully saturated rings. The van der Waals surface area contributed by atoms with Crippen molar-refractivity contribution in [2.24, 2.45) is 0 Å². The maximum Gasteiger partial charge on any atom is 0.0493 e. The van der Waals surface area contributed by atoms with E-state index in [1.807, 2.05) is 33.9 Å². The van der Waals surface area contributed by atoms with Crippen molar-refractivity contribution in [3.05, 3.63) is 47.9 Å². The van der Waals surface area contributed by atoms with Gasteiger partial charge in [-0.05, 0) is 32.4 Å². The summed E-state index contributed by atoms with van der Waals surface area (Å²) in [6.07, 6.45) is 3.74. The smallest absolute Gasteiger partial charge is 0.0493 e. The van der Waals surface area contributed by atoms with Crippen LogP contribution in [0.5, 0.6) is 0 Å². The quantitative estimate of drug-likeness (QED) is 0.503. The van der Waals surface area contributed by atoms with Gasteiger partial charge in [0.2, 0.25) is 0 Å². The van der Waals surface area contributed by atoms with Crippen molar-refractivity contribution >= 4 is 11.6 Å². The normalized spacial score (nSPS) is 13.3. The van der Waals surface area contributed by atoms with E-state index < -0.39 is 0 Å². The predicted octanol–water partition coefficient (Wildman–Crippen LogP) is 4.10. The van der Waals surface area contributed by atoms with Crippen LogP contribution in [-0.4, -0.2) is 17.8 Å². The van der Waals surface area contributed by atoms with Crippen LogP contribution in [0.3, 0.4) is 0 Å². The summed E-state index contributed by atoms with van der Waals surface area (Å²) in [5.41, 5.74) is 4.37. The number of nitrogens with zero attached hydrogens (tertiary/aromatic N) is 1. The summed E-state index contributed by atoms with van der Waals surface area (Å²) in [7, 11) is 2.01. The van der Waals surface area contributed by atoms with Gasteiger partial charge in [0.1, 0.15) is 0 Å². The van der Waals surface area contributed by atoms with E-state index in [2.05, 4.69) is 18.1 Å². The molecule has 0 bridgehead atoms. The van der Waals surface area contributed by atoms with Crippen LogP contribution in [0.25, 0.3) is 0 Å². The number of alkyl halides is 1. The zero-order valence-electron chi connectivity index (χ0n) is 10.1. The highest BCUT2D eigenvalue weighted by Crippen LogP contribution is 2.19. The van der Waals surface area contributed by atoms with Crippen LogP contribution in [0.4, 0.5) is 0 Å². The molecule has 0 N–H and O–H groups in total. The lowest BCUT2D eigenvalue weighted by atomic mass is 10.1. The first-order valence-electron chi connectivity index (χ1n) is 4.90. The molecule has 0 saturated heterocycles. The standard InChI is InChI=1S/C13H20ClN/c1-7-8-11(4)15(6)12(5)13(9-14)10(2)3/h7-8H,1-2,9H2,3-6H3/b11-8-,13-12-. The average molecular weight is 226 g/mol. The van der Waals surface area contributed by atoms with Crippen LogP contribution in [0, 0.1) is 0 Å². The Bertz CT molecular complexity index is 310. The Kier molecular flexibility index (Phi) is 6.11. The first-order valence-corrected chi connectivity index (χ1v) is 5.43. The summed E-state index contributed by atoms with van der Waals surface area (Å²) in [5, 5.41) is 0. The van der Waals surface area contributed by atoms with Gasteiger partial charge < -0.3 is 4.90 Å². The third kappa shape index (κ3) is 3.96. The summed E-state index contributed by atoms with van der Waals surface area (Å²) in [5.74, 6) is 0.493. The second-order valence-electron chi connectivity index (χ2n) is 3.58. The minimum Gasteiger partial charge on any atom is -0.352 e. The molecular formula is C13H20ClN. The van der Waals surface area contributed by atoms with Crippen LogP contribution in [0.2, 0.25) is 0 Å². The van der Waals surface area contributed by atoms with E-state index >= 15 is 0 Å². The summed E-state index contributed by atoms with van der Waals surface area (Å²) in [6.45, 7) is 13.7. The Morgan fingerprint density at radius 3 is 2.20 bits per heavy atom. The van der Waals surface area contributed by atoms with Crippen molar-refractivity contribution < 1.29 is 0 Å². The molecule has 0 atom stereocenters. The Morgan fingerprint density at radius 1 is 1.33 bits per heavy atom. The number of halogens is 1. The number of rotatable bonds is 5. The fraction of sp³-hybridized carbons (Fsp3) is 0.385. The van der Waals surface area contributed by atoms with E-state index in [0.717, 1.165) is 22.5 Å². The largest absolute Gasteiger partial charge is 0.352 e. The highest BCUT2D eigenvalue weighted by molar-refractivity contribution is 6.19. The SMILES string of the molecule is C=C/C=C(/C)N(C)/C(C)=C(/CCl)C(=C)C. The molecule has 0 saturated carbocycles. The van der Waals surface area contributed by atoms with E-state index in [-0.39, 0.29) is 0 Å². The van der Waals surface area contributed by atoms with Crippen molar-refractivity contribution in [3.8, 4) is 0 Å². The van der Waals surface area contributed by atoms with Gasteiger partial charge in [-0.3, -0.25) is 0 Å². The zero-order valence-corrected chi connectivity index (χ0v) is 10.9. The van der Waals surface area contributed by atoms with Crippen LogP contribution < -0.4 is 0 Å². The van der Waals surface area contributed by atoms with E-state index in [1.165, 1.54) is 0 Å². The van der Waals surface area contributed by atoms with Gasteiger partial charge in [-0.15, -0.1) is 11.6 Å². The molecule has 0 aliphatic heterocycles. The summed E-state index contributed by atoms with van der Waals surface area (Å²) < 4.78 is 0. The molecule has 0 aromatic rings.